The highest BCUT2D eigenvalue weighted by molar-refractivity contribution is 6.00. The van der Waals surface area contributed by atoms with Crippen molar-refractivity contribution in [3.8, 4) is 55.6 Å². The molecule has 9 aromatic carbocycles. The molecule has 0 aliphatic heterocycles. The first-order valence-corrected chi connectivity index (χ1v) is 22.1. The average molecular weight is 792 g/mol. The maximum absolute atomic E-state index is 2.50. The summed E-state index contributed by atoms with van der Waals surface area (Å²) in [5.41, 5.74) is 26.9. The van der Waals surface area contributed by atoms with Gasteiger partial charge in [-0.1, -0.05) is 191 Å². The second-order valence-corrected chi connectivity index (χ2v) is 18.8. The molecule has 1 nitrogen and oxygen atoms in total. The van der Waals surface area contributed by atoms with Gasteiger partial charge in [0.15, 0.2) is 0 Å². The van der Waals surface area contributed by atoms with Crippen LogP contribution < -0.4 is 4.90 Å². The van der Waals surface area contributed by atoms with Gasteiger partial charge in [-0.25, -0.2) is 0 Å². The summed E-state index contributed by atoms with van der Waals surface area (Å²) in [7, 11) is 0. The molecule has 0 unspecified atom stereocenters. The molecule has 0 atom stereocenters. The SMILES string of the molecule is CC1(C)c2ccccc2-c2ccc(N(c3cccc(-c4cccc5c4-c4ccccc4C54c5ccccc5-c5ccccc54)c3)c3ccc4c(c3)C(C)(C)c3ccccc3-4)cc21. The van der Waals surface area contributed by atoms with Crippen LogP contribution in [0.2, 0.25) is 0 Å². The zero-order valence-corrected chi connectivity index (χ0v) is 35.5. The summed E-state index contributed by atoms with van der Waals surface area (Å²) >= 11 is 0. The van der Waals surface area contributed by atoms with Gasteiger partial charge in [-0.15, -0.1) is 0 Å². The minimum atomic E-state index is -0.387. The molecule has 0 bridgehead atoms. The molecule has 0 radical (unpaired) electrons. The van der Waals surface area contributed by atoms with Crippen molar-refractivity contribution < 1.29 is 0 Å². The molecule has 4 aliphatic rings. The molecule has 13 rings (SSSR count). The van der Waals surface area contributed by atoms with Crippen molar-refractivity contribution in [3.05, 3.63) is 245 Å². The fourth-order valence-corrected chi connectivity index (χ4v) is 12.3. The first-order chi connectivity index (χ1) is 30.3. The highest BCUT2D eigenvalue weighted by Gasteiger charge is 2.52. The van der Waals surface area contributed by atoms with Crippen LogP contribution in [0.4, 0.5) is 17.1 Å². The minimum Gasteiger partial charge on any atom is -0.310 e. The van der Waals surface area contributed by atoms with Crippen LogP contribution >= 0.6 is 0 Å². The summed E-state index contributed by atoms with van der Waals surface area (Å²) in [6.07, 6.45) is 0. The molecule has 62 heavy (non-hydrogen) atoms. The molecule has 0 fully saturated rings. The quantitative estimate of drug-likeness (QED) is 0.172. The summed E-state index contributed by atoms with van der Waals surface area (Å²) in [6.45, 7) is 9.51. The zero-order valence-electron chi connectivity index (χ0n) is 35.5. The molecule has 0 aromatic heterocycles. The molecular formula is C61H45N. The number of benzene rings is 9. The van der Waals surface area contributed by atoms with Gasteiger partial charge >= 0.3 is 0 Å². The van der Waals surface area contributed by atoms with Gasteiger partial charge in [0, 0.05) is 27.9 Å². The predicted molar refractivity (Wildman–Crippen MR) is 258 cm³/mol. The third kappa shape index (κ3) is 4.48. The van der Waals surface area contributed by atoms with E-state index in [2.05, 4.69) is 233 Å². The Hall–Kier alpha value is -7.22. The molecule has 0 heterocycles. The van der Waals surface area contributed by atoms with Crippen molar-refractivity contribution in [2.24, 2.45) is 0 Å². The molecule has 0 N–H and O–H groups in total. The van der Waals surface area contributed by atoms with Crippen LogP contribution in [0.25, 0.3) is 55.6 Å². The van der Waals surface area contributed by atoms with Gasteiger partial charge in [-0.3, -0.25) is 0 Å². The van der Waals surface area contributed by atoms with E-state index >= 15 is 0 Å². The van der Waals surface area contributed by atoms with Crippen LogP contribution in [0.5, 0.6) is 0 Å². The lowest BCUT2D eigenvalue weighted by Gasteiger charge is -2.31. The number of hydrogen-bond donors (Lipinski definition) is 0. The Labute approximate surface area is 364 Å². The monoisotopic (exact) mass is 791 g/mol. The molecule has 0 saturated heterocycles. The van der Waals surface area contributed by atoms with Gasteiger partial charge in [-0.2, -0.15) is 0 Å². The van der Waals surface area contributed by atoms with E-state index in [4.69, 9.17) is 0 Å². The molecule has 0 saturated carbocycles. The summed E-state index contributed by atoms with van der Waals surface area (Å²) in [6, 6.07) is 75.8. The van der Waals surface area contributed by atoms with E-state index in [-0.39, 0.29) is 16.2 Å². The smallest absolute Gasteiger partial charge is 0.0725 e. The topological polar surface area (TPSA) is 3.24 Å². The van der Waals surface area contributed by atoms with Gasteiger partial charge in [0.1, 0.15) is 0 Å². The Bertz CT molecular complexity index is 3220. The first kappa shape index (κ1) is 35.5. The highest BCUT2D eigenvalue weighted by Crippen LogP contribution is 2.64. The van der Waals surface area contributed by atoms with Crippen molar-refractivity contribution >= 4 is 17.1 Å². The van der Waals surface area contributed by atoms with Gasteiger partial charge in [0.25, 0.3) is 0 Å². The maximum atomic E-state index is 2.50. The van der Waals surface area contributed by atoms with Crippen LogP contribution in [0.1, 0.15) is 72.2 Å². The Kier molecular flexibility index (Phi) is 7.12. The molecule has 1 spiro atoms. The van der Waals surface area contributed by atoms with E-state index in [9.17, 15) is 0 Å². The lowest BCUT2D eigenvalue weighted by atomic mass is 9.70. The molecule has 0 amide bonds. The molecular weight excluding hydrogens is 747 g/mol. The first-order valence-electron chi connectivity index (χ1n) is 22.1. The third-order valence-electron chi connectivity index (χ3n) is 15.1. The van der Waals surface area contributed by atoms with Crippen LogP contribution in [0.3, 0.4) is 0 Å². The fraction of sp³-hybridized carbons (Fsp3) is 0.115. The largest absolute Gasteiger partial charge is 0.310 e. The Balaban J connectivity index is 1.02. The molecule has 4 aliphatic carbocycles. The van der Waals surface area contributed by atoms with Crippen LogP contribution in [-0.2, 0) is 16.2 Å². The Morgan fingerprint density at radius 3 is 1.18 bits per heavy atom. The average Bonchev–Trinajstić information content (AvgIpc) is 3.95. The lowest BCUT2D eigenvalue weighted by molar-refractivity contribution is 0.660. The number of anilines is 3. The normalized spacial score (nSPS) is 15.5. The maximum Gasteiger partial charge on any atom is 0.0725 e. The standard InChI is InChI=1S/C61H45N/c1-59(2)50-25-10-5-19-43(50)47-33-31-40(36-56(47)59)62(41-32-34-48-44-20-6-11-26-51(44)60(3,4)57(48)37-41)39-18-15-17-38(35-39)42-24-16-30-55-58(42)49-23-9-14-29-54(49)61(55)52-27-12-7-21-45(52)46-22-8-13-28-53(46)61/h5-37H,1-4H3. The van der Waals surface area contributed by atoms with E-state index in [1.807, 2.05) is 0 Å². The lowest BCUT2D eigenvalue weighted by Crippen LogP contribution is -2.25. The van der Waals surface area contributed by atoms with Gasteiger partial charge in [0.2, 0.25) is 0 Å². The second kappa shape index (κ2) is 12.4. The van der Waals surface area contributed by atoms with Gasteiger partial charge in [0.05, 0.1) is 5.41 Å². The summed E-state index contributed by atoms with van der Waals surface area (Å²) in [4.78, 5) is 2.50. The van der Waals surface area contributed by atoms with Crippen molar-refractivity contribution in [3.63, 3.8) is 0 Å². The van der Waals surface area contributed by atoms with E-state index in [0.29, 0.717) is 0 Å². The van der Waals surface area contributed by atoms with Crippen LogP contribution in [-0.4, -0.2) is 0 Å². The molecule has 9 aromatic rings. The number of rotatable bonds is 4. The zero-order chi connectivity index (χ0) is 41.5. The highest BCUT2D eigenvalue weighted by atomic mass is 15.1. The second-order valence-electron chi connectivity index (χ2n) is 18.8. The van der Waals surface area contributed by atoms with Crippen molar-refractivity contribution in [2.45, 2.75) is 43.9 Å². The summed E-state index contributed by atoms with van der Waals surface area (Å²) < 4.78 is 0. The van der Waals surface area contributed by atoms with E-state index in [1.165, 1.54) is 100 Å². The number of hydrogen-bond acceptors (Lipinski definition) is 1. The van der Waals surface area contributed by atoms with Gasteiger partial charge in [-0.05, 0) is 137 Å². The summed E-state index contributed by atoms with van der Waals surface area (Å²) in [5.74, 6) is 0. The van der Waals surface area contributed by atoms with E-state index in [0.717, 1.165) is 17.1 Å². The van der Waals surface area contributed by atoms with Crippen molar-refractivity contribution in [2.75, 3.05) is 4.90 Å². The predicted octanol–water partition coefficient (Wildman–Crippen LogP) is 15.8. The molecule has 294 valence electrons. The molecule has 1 heteroatoms. The number of fused-ring (bicyclic) bond motifs is 16. The Morgan fingerprint density at radius 2 is 0.645 bits per heavy atom. The third-order valence-corrected chi connectivity index (χ3v) is 15.1. The number of nitrogens with zero attached hydrogens (tertiary/aromatic N) is 1. The van der Waals surface area contributed by atoms with E-state index in [1.54, 1.807) is 0 Å². The fourth-order valence-electron chi connectivity index (χ4n) is 12.3. The van der Waals surface area contributed by atoms with Crippen molar-refractivity contribution in [1.29, 1.82) is 0 Å². The minimum absolute atomic E-state index is 0.123. The Morgan fingerprint density at radius 1 is 0.274 bits per heavy atom. The van der Waals surface area contributed by atoms with Crippen molar-refractivity contribution in [1.82, 2.24) is 0 Å². The van der Waals surface area contributed by atoms with Gasteiger partial charge < -0.3 is 4.90 Å². The van der Waals surface area contributed by atoms with E-state index < -0.39 is 0 Å². The van der Waals surface area contributed by atoms with Crippen LogP contribution in [0.15, 0.2) is 200 Å². The summed E-state index contributed by atoms with van der Waals surface area (Å²) in [5, 5.41) is 0. The van der Waals surface area contributed by atoms with Crippen LogP contribution in [0, 0.1) is 0 Å².